The summed E-state index contributed by atoms with van der Waals surface area (Å²) in [6.07, 6.45) is 0. The third kappa shape index (κ3) is 4.13. The fourth-order valence-corrected chi connectivity index (χ4v) is 5.30. The van der Waals surface area contributed by atoms with Crippen LogP contribution in [-0.2, 0) is 17.9 Å². The monoisotopic (exact) mass is 485 g/mol. The van der Waals surface area contributed by atoms with Gasteiger partial charge < -0.3 is 14.0 Å². The summed E-state index contributed by atoms with van der Waals surface area (Å²) in [6.45, 7) is 3.47. The average molecular weight is 486 g/mol. The lowest BCUT2D eigenvalue weighted by Gasteiger charge is -2.34. The molecule has 0 saturated carbocycles. The van der Waals surface area contributed by atoms with E-state index in [1.807, 2.05) is 75.5 Å². The third-order valence-electron chi connectivity index (χ3n) is 6.47. The summed E-state index contributed by atoms with van der Waals surface area (Å²) in [5.74, 6) is 1.24. The summed E-state index contributed by atoms with van der Waals surface area (Å²) >= 11 is 1.58. The summed E-state index contributed by atoms with van der Waals surface area (Å²) < 4.78 is 7.39. The zero-order valence-electron chi connectivity index (χ0n) is 19.0. The van der Waals surface area contributed by atoms with Crippen LogP contribution in [0, 0.1) is 0 Å². The highest BCUT2D eigenvalue weighted by Crippen LogP contribution is 2.22. The van der Waals surface area contributed by atoms with Gasteiger partial charge in [0.15, 0.2) is 5.43 Å². The molecule has 9 heteroatoms. The second-order valence-corrected chi connectivity index (χ2v) is 9.54. The summed E-state index contributed by atoms with van der Waals surface area (Å²) in [4.78, 5) is 35.9. The zero-order valence-corrected chi connectivity index (χ0v) is 19.8. The maximum Gasteiger partial charge on any atom is 0.242 e. The van der Waals surface area contributed by atoms with Crippen molar-refractivity contribution in [2.24, 2.45) is 0 Å². The molecule has 4 heterocycles. The van der Waals surface area contributed by atoms with Crippen molar-refractivity contribution in [1.29, 1.82) is 0 Å². The highest BCUT2D eigenvalue weighted by Gasteiger charge is 2.24. The molecule has 35 heavy (non-hydrogen) atoms. The summed E-state index contributed by atoms with van der Waals surface area (Å²) in [5.41, 5.74) is 1.55. The quantitative estimate of drug-likeness (QED) is 0.354. The molecule has 1 saturated heterocycles. The van der Waals surface area contributed by atoms with Gasteiger partial charge >= 0.3 is 0 Å². The lowest BCUT2D eigenvalue weighted by atomic mass is 10.1. The van der Waals surface area contributed by atoms with E-state index < -0.39 is 0 Å². The molecule has 176 valence electrons. The molecule has 0 unspecified atom stereocenters. The maximum absolute atomic E-state index is 13.3. The SMILES string of the molecule is O=C(Cn1c2ccccc2c(=O)c2ccccc21)N1CCN(Cc2nc(-c3cccs3)no2)CC1. The number of aromatic nitrogens is 3. The van der Waals surface area contributed by atoms with Crippen molar-refractivity contribution in [1.82, 2.24) is 24.5 Å². The summed E-state index contributed by atoms with van der Waals surface area (Å²) in [5, 5.41) is 7.32. The van der Waals surface area contributed by atoms with Crippen LogP contribution < -0.4 is 5.43 Å². The van der Waals surface area contributed by atoms with Crippen LogP contribution in [0.3, 0.4) is 0 Å². The number of piperazine rings is 1. The van der Waals surface area contributed by atoms with E-state index in [-0.39, 0.29) is 17.9 Å². The maximum atomic E-state index is 13.3. The smallest absolute Gasteiger partial charge is 0.242 e. The van der Waals surface area contributed by atoms with Crippen LogP contribution in [-0.4, -0.2) is 56.6 Å². The first-order valence-electron chi connectivity index (χ1n) is 11.5. The van der Waals surface area contributed by atoms with E-state index in [0.717, 1.165) is 29.0 Å². The molecule has 1 aliphatic heterocycles. The minimum absolute atomic E-state index is 0.00299. The Morgan fingerprint density at radius 1 is 0.914 bits per heavy atom. The number of hydrogen-bond donors (Lipinski definition) is 0. The van der Waals surface area contributed by atoms with Crippen molar-refractivity contribution in [2.45, 2.75) is 13.1 Å². The predicted octanol–water partition coefficient (Wildman–Crippen LogP) is 3.61. The van der Waals surface area contributed by atoms with Crippen molar-refractivity contribution < 1.29 is 9.32 Å². The van der Waals surface area contributed by atoms with Crippen LogP contribution in [0.25, 0.3) is 32.5 Å². The number of amides is 1. The highest BCUT2D eigenvalue weighted by molar-refractivity contribution is 7.13. The molecule has 2 aromatic carbocycles. The van der Waals surface area contributed by atoms with E-state index in [1.165, 1.54) is 0 Å². The Morgan fingerprint density at radius 3 is 2.26 bits per heavy atom. The predicted molar refractivity (Wildman–Crippen MR) is 135 cm³/mol. The van der Waals surface area contributed by atoms with Crippen LogP contribution >= 0.6 is 11.3 Å². The number of pyridine rings is 1. The van der Waals surface area contributed by atoms with Crippen LogP contribution in [0.5, 0.6) is 0 Å². The Labute approximate surface area is 205 Å². The van der Waals surface area contributed by atoms with Crippen molar-refractivity contribution >= 4 is 39.0 Å². The van der Waals surface area contributed by atoms with Gasteiger partial charge in [-0.2, -0.15) is 4.98 Å². The molecule has 0 spiro atoms. The average Bonchev–Trinajstić information content (AvgIpc) is 3.59. The molecule has 5 aromatic rings. The van der Waals surface area contributed by atoms with Gasteiger partial charge in [-0.25, -0.2) is 0 Å². The lowest BCUT2D eigenvalue weighted by molar-refractivity contribution is -0.133. The van der Waals surface area contributed by atoms with E-state index in [0.29, 0.717) is 42.1 Å². The topological polar surface area (TPSA) is 84.5 Å². The molecule has 0 atom stereocenters. The molecule has 0 N–H and O–H groups in total. The van der Waals surface area contributed by atoms with Crippen LogP contribution in [0.1, 0.15) is 5.89 Å². The Morgan fingerprint density at radius 2 is 1.60 bits per heavy atom. The van der Waals surface area contributed by atoms with E-state index >= 15 is 0 Å². The molecule has 1 aliphatic rings. The fraction of sp³-hybridized carbons (Fsp3) is 0.231. The number of benzene rings is 2. The molecular formula is C26H23N5O3S. The number of thiophene rings is 1. The molecule has 1 fully saturated rings. The van der Waals surface area contributed by atoms with Crippen LogP contribution in [0.15, 0.2) is 75.4 Å². The standard InChI is InChI=1S/C26H23N5O3S/c32-24(17-31-20-8-3-1-6-18(20)25(33)19-7-2-4-9-21(19)31)30-13-11-29(12-14-30)16-23-27-26(28-34-23)22-10-5-15-35-22/h1-10,15H,11-14,16-17H2. The largest absolute Gasteiger partial charge is 0.339 e. The van der Waals surface area contributed by atoms with Crippen LogP contribution in [0.2, 0.25) is 0 Å². The molecule has 1 amide bonds. The van der Waals surface area contributed by atoms with E-state index in [2.05, 4.69) is 15.0 Å². The summed E-state index contributed by atoms with van der Waals surface area (Å²) in [6, 6.07) is 18.9. The van der Waals surface area contributed by atoms with Gasteiger partial charge in [0.05, 0.1) is 22.5 Å². The van der Waals surface area contributed by atoms with E-state index in [9.17, 15) is 9.59 Å². The first kappa shape index (κ1) is 21.7. The van der Waals surface area contributed by atoms with E-state index in [1.54, 1.807) is 11.3 Å². The molecule has 0 aliphatic carbocycles. The van der Waals surface area contributed by atoms with Crippen LogP contribution in [0.4, 0.5) is 0 Å². The number of rotatable bonds is 5. The number of hydrogen-bond acceptors (Lipinski definition) is 7. The van der Waals surface area contributed by atoms with Crippen molar-refractivity contribution in [3.8, 4) is 10.7 Å². The Kier molecular flexibility index (Phi) is 5.63. The normalized spacial score (nSPS) is 14.7. The van der Waals surface area contributed by atoms with Gasteiger partial charge in [-0.05, 0) is 35.7 Å². The van der Waals surface area contributed by atoms with Gasteiger partial charge in [-0.1, -0.05) is 35.5 Å². The lowest BCUT2D eigenvalue weighted by Crippen LogP contribution is -2.49. The first-order valence-corrected chi connectivity index (χ1v) is 12.4. The minimum Gasteiger partial charge on any atom is -0.339 e. The number of nitrogens with zero attached hydrogens (tertiary/aromatic N) is 5. The second-order valence-electron chi connectivity index (χ2n) is 8.60. The molecule has 0 radical (unpaired) electrons. The van der Waals surface area contributed by atoms with Gasteiger partial charge in [0.25, 0.3) is 0 Å². The highest BCUT2D eigenvalue weighted by atomic mass is 32.1. The number of para-hydroxylation sites is 2. The number of carbonyl (C=O) groups is 1. The Balaban J connectivity index is 1.16. The third-order valence-corrected chi connectivity index (χ3v) is 7.33. The fourth-order valence-electron chi connectivity index (χ4n) is 4.65. The minimum atomic E-state index is -0.00299. The number of fused-ring (bicyclic) bond motifs is 2. The second kappa shape index (κ2) is 9.09. The Bertz CT molecular complexity index is 1510. The van der Waals surface area contributed by atoms with Gasteiger partial charge in [0.2, 0.25) is 17.6 Å². The summed E-state index contributed by atoms with van der Waals surface area (Å²) in [7, 11) is 0. The molecule has 8 nitrogen and oxygen atoms in total. The van der Waals surface area contributed by atoms with Crippen molar-refractivity contribution in [3.63, 3.8) is 0 Å². The van der Waals surface area contributed by atoms with Gasteiger partial charge in [0.1, 0.15) is 6.54 Å². The number of carbonyl (C=O) groups excluding carboxylic acids is 1. The van der Waals surface area contributed by atoms with Crippen molar-refractivity contribution in [3.05, 3.63) is 82.2 Å². The van der Waals surface area contributed by atoms with Crippen molar-refractivity contribution in [2.75, 3.05) is 26.2 Å². The van der Waals surface area contributed by atoms with Gasteiger partial charge in [0, 0.05) is 37.0 Å². The molecular weight excluding hydrogens is 462 g/mol. The van der Waals surface area contributed by atoms with Gasteiger partial charge in [-0.3, -0.25) is 14.5 Å². The van der Waals surface area contributed by atoms with E-state index in [4.69, 9.17) is 4.52 Å². The molecule has 0 bridgehead atoms. The molecule has 6 rings (SSSR count). The molecule has 3 aromatic heterocycles. The van der Waals surface area contributed by atoms with Gasteiger partial charge in [-0.15, -0.1) is 11.3 Å². The first-order chi connectivity index (χ1) is 17.2. The Hall–Kier alpha value is -3.82. The zero-order chi connectivity index (χ0) is 23.8.